The van der Waals surface area contributed by atoms with Crippen molar-refractivity contribution in [2.24, 2.45) is 11.7 Å². The van der Waals surface area contributed by atoms with Crippen molar-refractivity contribution in [1.29, 1.82) is 0 Å². The van der Waals surface area contributed by atoms with Crippen LogP contribution in [0.3, 0.4) is 0 Å². The highest BCUT2D eigenvalue weighted by molar-refractivity contribution is 5.86. The zero-order valence-corrected chi connectivity index (χ0v) is 17.2. The van der Waals surface area contributed by atoms with Crippen LogP contribution in [0.25, 0.3) is 11.3 Å². The van der Waals surface area contributed by atoms with Crippen LogP contribution < -0.4 is 5.73 Å². The van der Waals surface area contributed by atoms with Crippen molar-refractivity contribution in [2.45, 2.75) is 63.6 Å². The fourth-order valence-electron chi connectivity index (χ4n) is 4.86. The van der Waals surface area contributed by atoms with Gasteiger partial charge in [-0.2, -0.15) is 0 Å². The van der Waals surface area contributed by atoms with E-state index in [1.165, 1.54) is 32.1 Å². The molecular weight excluding hydrogens is 380 g/mol. The molecule has 0 radical (unpaired) electrons. The van der Waals surface area contributed by atoms with Crippen LogP contribution in [0.4, 0.5) is 0 Å². The van der Waals surface area contributed by atoms with E-state index < -0.39 is 12.0 Å². The predicted octanol–water partition coefficient (Wildman–Crippen LogP) is 3.21. The first-order valence-electron chi connectivity index (χ1n) is 10.9. The Kier molecular flexibility index (Phi) is 6.18. The van der Waals surface area contributed by atoms with E-state index in [1.807, 2.05) is 30.3 Å². The van der Waals surface area contributed by atoms with Crippen LogP contribution >= 0.6 is 0 Å². The molecule has 1 aliphatic carbocycles. The van der Waals surface area contributed by atoms with Gasteiger partial charge in [0.1, 0.15) is 5.82 Å². The summed E-state index contributed by atoms with van der Waals surface area (Å²) in [5.41, 5.74) is 7.92. The number of nitrogens with zero attached hydrogens (tertiary/aromatic N) is 3. The molecule has 2 aliphatic rings. The fraction of sp³-hybridized carbons (Fsp3) is 0.522. The van der Waals surface area contributed by atoms with Gasteiger partial charge in [-0.05, 0) is 12.3 Å². The topological polar surface area (TPSA) is 101 Å². The minimum absolute atomic E-state index is 0.161. The number of carbonyl (C=O) groups is 2. The van der Waals surface area contributed by atoms with Gasteiger partial charge in [0.05, 0.1) is 24.2 Å². The number of carboxylic acids is 1. The van der Waals surface area contributed by atoms with Gasteiger partial charge < -0.3 is 20.3 Å². The Morgan fingerprint density at radius 1 is 1.13 bits per heavy atom. The number of carboxylic acid groups (broad SMARTS) is 1. The highest BCUT2D eigenvalue weighted by atomic mass is 16.4. The Morgan fingerprint density at radius 2 is 1.87 bits per heavy atom. The molecule has 1 fully saturated rings. The lowest BCUT2D eigenvalue weighted by Gasteiger charge is -2.39. The van der Waals surface area contributed by atoms with Crippen LogP contribution in [-0.2, 0) is 16.1 Å². The molecule has 1 aromatic carbocycles. The zero-order chi connectivity index (χ0) is 21.1. The summed E-state index contributed by atoms with van der Waals surface area (Å²) in [5.74, 6) is 0.109. The third-order valence-corrected chi connectivity index (χ3v) is 6.41. The smallest absolute Gasteiger partial charge is 0.305 e. The molecule has 1 amide bonds. The largest absolute Gasteiger partial charge is 0.481 e. The lowest BCUT2D eigenvalue weighted by Crippen LogP contribution is -2.50. The van der Waals surface area contributed by atoms with Gasteiger partial charge in [-0.25, -0.2) is 4.98 Å². The predicted molar refractivity (Wildman–Crippen MR) is 114 cm³/mol. The third kappa shape index (κ3) is 4.41. The van der Waals surface area contributed by atoms with E-state index in [0.717, 1.165) is 23.5 Å². The lowest BCUT2D eigenvalue weighted by atomic mass is 9.84. The van der Waals surface area contributed by atoms with Crippen LogP contribution in [0.15, 0.2) is 36.5 Å². The minimum Gasteiger partial charge on any atom is -0.481 e. The molecule has 0 unspecified atom stereocenters. The maximum absolute atomic E-state index is 13.1. The fourth-order valence-corrected chi connectivity index (χ4v) is 4.86. The molecule has 0 saturated heterocycles. The van der Waals surface area contributed by atoms with Crippen molar-refractivity contribution in [2.75, 3.05) is 6.54 Å². The molecule has 30 heavy (non-hydrogen) atoms. The number of fused-ring (bicyclic) bond motifs is 1. The van der Waals surface area contributed by atoms with E-state index in [9.17, 15) is 9.59 Å². The summed E-state index contributed by atoms with van der Waals surface area (Å²) in [6.45, 7) is 1.17. The van der Waals surface area contributed by atoms with Crippen molar-refractivity contribution < 1.29 is 14.7 Å². The van der Waals surface area contributed by atoms with E-state index in [0.29, 0.717) is 19.0 Å². The first-order chi connectivity index (χ1) is 14.5. The Hall–Kier alpha value is -2.67. The van der Waals surface area contributed by atoms with E-state index in [1.54, 1.807) is 4.90 Å². The second-order valence-electron chi connectivity index (χ2n) is 8.54. The van der Waals surface area contributed by atoms with Gasteiger partial charge in [0.25, 0.3) is 0 Å². The van der Waals surface area contributed by atoms with E-state index >= 15 is 0 Å². The molecule has 1 saturated carbocycles. The number of carbonyl (C=O) groups excluding carboxylic acids is 1. The molecule has 2 aromatic rings. The van der Waals surface area contributed by atoms with Crippen LogP contribution in [0.1, 0.15) is 56.8 Å². The van der Waals surface area contributed by atoms with Crippen molar-refractivity contribution in [3.8, 4) is 11.3 Å². The van der Waals surface area contributed by atoms with Crippen LogP contribution in [0.5, 0.6) is 0 Å². The maximum Gasteiger partial charge on any atom is 0.305 e. The molecule has 2 atom stereocenters. The second-order valence-corrected chi connectivity index (χ2v) is 8.54. The number of imidazole rings is 1. The SMILES string of the molecule is N[C@@H](CC(=O)O)C(=O)N1CCn2cc(-c3ccccc3)nc2[C@@H]1CC1CCCCC1. The van der Waals surface area contributed by atoms with Gasteiger partial charge >= 0.3 is 5.97 Å². The summed E-state index contributed by atoms with van der Waals surface area (Å²) in [6, 6.07) is 8.86. The molecule has 7 heteroatoms. The van der Waals surface area contributed by atoms with Gasteiger partial charge in [0.15, 0.2) is 0 Å². The number of aromatic nitrogens is 2. The molecule has 0 spiro atoms. The highest BCUT2D eigenvalue weighted by Gasteiger charge is 2.37. The Balaban J connectivity index is 1.64. The van der Waals surface area contributed by atoms with E-state index in [2.05, 4.69) is 10.8 Å². The average Bonchev–Trinajstić information content (AvgIpc) is 3.19. The standard InChI is InChI=1S/C23H30N4O3/c24-18(14-21(28)29)23(30)27-12-11-26-15-19(17-9-5-2-6-10-17)25-22(26)20(27)13-16-7-3-1-4-8-16/h2,5-6,9-10,15-16,18,20H,1,3-4,7-8,11-14,24H2,(H,28,29)/t18-,20-/m0/s1. The quantitative estimate of drug-likeness (QED) is 0.761. The van der Waals surface area contributed by atoms with Gasteiger partial charge in [-0.15, -0.1) is 0 Å². The minimum atomic E-state index is -1.05. The van der Waals surface area contributed by atoms with Crippen molar-refractivity contribution in [3.63, 3.8) is 0 Å². The summed E-state index contributed by atoms with van der Waals surface area (Å²) in [7, 11) is 0. The number of hydrogen-bond acceptors (Lipinski definition) is 4. The molecule has 7 nitrogen and oxygen atoms in total. The Morgan fingerprint density at radius 3 is 2.57 bits per heavy atom. The third-order valence-electron chi connectivity index (χ3n) is 6.41. The van der Waals surface area contributed by atoms with Crippen LogP contribution in [0, 0.1) is 5.92 Å². The number of aliphatic carboxylic acids is 1. The first kappa shape index (κ1) is 20.6. The van der Waals surface area contributed by atoms with Gasteiger partial charge in [-0.1, -0.05) is 62.4 Å². The number of benzene rings is 1. The molecule has 0 bridgehead atoms. The second kappa shape index (κ2) is 9.00. The maximum atomic E-state index is 13.1. The summed E-state index contributed by atoms with van der Waals surface area (Å²) in [6.07, 6.45) is 8.66. The molecular formula is C23H30N4O3. The highest BCUT2D eigenvalue weighted by Crippen LogP contribution is 2.37. The average molecular weight is 411 g/mol. The number of amides is 1. The first-order valence-corrected chi connectivity index (χ1v) is 10.9. The van der Waals surface area contributed by atoms with E-state index in [-0.39, 0.29) is 18.4 Å². The van der Waals surface area contributed by atoms with Crippen LogP contribution in [0.2, 0.25) is 0 Å². The van der Waals surface area contributed by atoms with Gasteiger partial charge in [0, 0.05) is 24.8 Å². The normalized spacial score (nSPS) is 20.6. The van der Waals surface area contributed by atoms with E-state index in [4.69, 9.17) is 15.8 Å². The summed E-state index contributed by atoms with van der Waals surface area (Å²) < 4.78 is 2.16. The van der Waals surface area contributed by atoms with Crippen molar-refractivity contribution in [1.82, 2.24) is 14.5 Å². The molecule has 4 rings (SSSR count). The number of hydrogen-bond donors (Lipinski definition) is 2. The Bertz CT molecular complexity index is 889. The number of nitrogens with two attached hydrogens (primary N) is 1. The Labute approximate surface area is 176 Å². The molecule has 160 valence electrons. The van der Waals surface area contributed by atoms with Crippen molar-refractivity contribution in [3.05, 3.63) is 42.4 Å². The summed E-state index contributed by atoms with van der Waals surface area (Å²) >= 11 is 0. The van der Waals surface area contributed by atoms with Gasteiger partial charge in [0.2, 0.25) is 5.91 Å². The monoisotopic (exact) mass is 410 g/mol. The zero-order valence-electron chi connectivity index (χ0n) is 17.2. The van der Waals surface area contributed by atoms with Crippen molar-refractivity contribution >= 4 is 11.9 Å². The van der Waals surface area contributed by atoms with Crippen LogP contribution in [-0.4, -0.2) is 44.0 Å². The molecule has 1 aliphatic heterocycles. The molecule has 1 aromatic heterocycles. The number of rotatable bonds is 6. The summed E-state index contributed by atoms with van der Waals surface area (Å²) in [5, 5.41) is 9.08. The summed E-state index contributed by atoms with van der Waals surface area (Å²) in [4.78, 5) is 30.9. The molecule has 2 heterocycles. The lowest BCUT2D eigenvalue weighted by molar-refractivity contribution is -0.143. The molecule has 3 N–H and O–H groups in total. The van der Waals surface area contributed by atoms with Gasteiger partial charge in [-0.3, -0.25) is 9.59 Å².